The zero-order valence-electron chi connectivity index (χ0n) is 11.1. The molecular weight excluding hydrogens is 236 g/mol. The summed E-state index contributed by atoms with van der Waals surface area (Å²) in [5, 5.41) is 0. The van der Waals surface area contributed by atoms with Crippen molar-refractivity contribution >= 4 is 5.78 Å². The van der Waals surface area contributed by atoms with Crippen molar-refractivity contribution < 1.29 is 4.79 Å². The van der Waals surface area contributed by atoms with Crippen molar-refractivity contribution in [2.75, 3.05) is 0 Å². The molecule has 0 aliphatic heterocycles. The molecule has 1 aromatic heterocycles. The van der Waals surface area contributed by atoms with Crippen molar-refractivity contribution in [1.82, 2.24) is 9.55 Å². The number of imidazole rings is 1. The summed E-state index contributed by atoms with van der Waals surface area (Å²) in [5.74, 6) is 1.85. The second-order valence-corrected chi connectivity index (χ2v) is 5.13. The molecular formula is C16H18N2O. The maximum absolute atomic E-state index is 12.3. The van der Waals surface area contributed by atoms with Gasteiger partial charge in [0.25, 0.3) is 0 Å². The van der Waals surface area contributed by atoms with Gasteiger partial charge in [0.05, 0.1) is 6.42 Å². The lowest BCUT2D eigenvalue weighted by Gasteiger charge is -2.04. The molecule has 2 unspecified atom stereocenters. The first kappa shape index (κ1) is 12.2. The normalized spacial score (nSPS) is 21.3. The monoisotopic (exact) mass is 254 g/mol. The molecule has 3 rings (SSSR count). The molecule has 0 saturated heterocycles. The number of ketones is 1. The van der Waals surface area contributed by atoms with Gasteiger partial charge >= 0.3 is 0 Å². The molecule has 0 radical (unpaired) electrons. The zero-order valence-corrected chi connectivity index (χ0v) is 11.1. The van der Waals surface area contributed by atoms with E-state index in [2.05, 4.69) is 24.0 Å². The van der Waals surface area contributed by atoms with Crippen molar-refractivity contribution in [2.24, 2.45) is 5.92 Å². The first-order chi connectivity index (χ1) is 9.29. The predicted octanol–water partition coefficient (Wildman–Crippen LogP) is 2.82. The lowest BCUT2D eigenvalue weighted by molar-refractivity contribution is -0.119. The van der Waals surface area contributed by atoms with Crippen LogP contribution in [0.5, 0.6) is 0 Å². The molecule has 2 atom stereocenters. The van der Waals surface area contributed by atoms with Crippen LogP contribution < -0.4 is 0 Å². The van der Waals surface area contributed by atoms with Gasteiger partial charge in [-0.2, -0.15) is 0 Å². The summed E-state index contributed by atoms with van der Waals surface area (Å²) in [6.07, 6.45) is 5.17. The van der Waals surface area contributed by atoms with Crippen molar-refractivity contribution in [1.29, 1.82) is 0 Å². The number of aromatic nitrogens is 2. The third-order valence-corrected chi connectivity index (χ3v) is 3.91. The van der Waals surface area contributed by atoms with Crippen LogP contribution in [0, 0.1) is 5.92 Å². The van der Waals surface area contributed by atoms with Crippen LogP contribution in [0.1, 0.15) is 30.7 Å². The fourth-order valence-corrected chi connectivity index (χ4v) is 2.70. The molecule has 1 fully saturated rings. The van der Waals surface area contributed by atoms with Crippen molar-refractivity contribution in [3.8, 4) is 0 Å². The van der Waals surface area contributed by atoms with Crippen molar-refractivity contribution in [2.45, 2.75) is 32.2 Å². The molecule has 1 heterocycles. The summed E-state index contributed by atoms with van der Waals surface area (Å²) in [4.78, 5) is 16.5. The number of hydrogen-bond donors (Lipinski definition) is 0. The molecule has 0 amide bonds. The third-order valence-electron chi connectivity index (χ3n) is 3.91. The Hall–Kier alpha value is -1.90. The maximum atomic E-state index is 12.3. The topological polar surface area (TPSA) is 34.9 Å². The van der Waals surface area contributed by atoms with Gasteiger partial charge in [0.1, 0.15) is 11.6 Å². The quantitative estimate of drug-likeness (QED) is 0.822. The van der Waals surface area contributed by atoms with Crippen LogP contribution in [-0.4, -0.2) is 15.3 Å². The molecule has 19 heavy (non-hydrogen) atoms. The number of nitrogens with zero attached hydrogens (tertiary/aromatic N) is 2. The van der Waals surface area contributed by atoms with E-state index >= 15 is 0 Å². The van der Waals surface area contributed by atoms with Crippen LogP contribution >= 0.6 is 0 Å². The van der Waals surface area contributed by atoms with Gasteiger partial charge in [-0.05, 0) is 24.8 Å². The number of rotatable bonds is 5. The number of aryl methyl sites for hydroxylation is 1. The van der Waals surface area contributed by atoms with Crippen LogP contribution in [0.2, 0.25) is 0 Å². The molecule has 1 aliphatic rings. The molecule has 3 heteroatoms. The van der Waals surface area contributed by atoms with Crippen LogP contribution in [-0.2, 0) is 17.8 Å². The third kappa shape index (κ3) is 2.46. The van der Waals surface area contributed by atoms with Gasteiger partial charge in [-0.1, -0.05) is 30.3 Å². The fourth-order valence-electron chi connectivity index (χ4n) is 2.70. The highest BCUT2D eigenvalue weighted by Gasteiger charge is 2.43. The van der Waals surface area contributed by atoms with E-state index in [1.54, 1.807) is 6.20 Å². The van der Waals surface area contributed by atoms with Gasteiger partial charge in [0.15, 0.2) is 0 Å². The molecule has 1 saturated carbocycles. The number of hydrogen-bond acceptors (Lipinski definition) is 2. The van der Waals surface area contributed by atoms with Crippen LogP contribution in [0.15, 0.2) is 42.7 Å². The van der Waals surface area contributed by atoms with E-state index in [0.29, 0.717) is 18.1 Å². The van der Waals surface area contributed by atoms with Crippen molar-refractivity contribution in [3.05, 3.63) is 54.1 Å². The average molecular weight is 254 g/mol. The Balaban J connectivity index is 1.64. The van der Waals surface area contributed by atoms with Crippen molar-refractivity contribution in [3.63, 3.8) is 0 Å². The Morgan fingerprint density at radius 2 is 2.16 bits per heavy atom. The second kappa shape index (κ2) is 5.00. The van der Waals surface area contributed by atoms with E-state index in [1.807, 2.05) is 29.0 Å². The van der Waals surface area contributed by atoms with Gasteiger partial charge in [-0.3, -0.25) is 4.79 Å². The Kier molecular flexibility index (Phi) is 3.20. The molecule has 3 nitrogen and oxygen atoms in total. The van der Waals surface area contributed by atoms with Gasteiger partial charge in [-0.15, -0.1) is 0 Å². The SMILES string of the molecule is CCn1ccnc1CC(=O)C1CC1c1ccccc1. The Morgan fingerprint density at radius 3 is 2.89 bits per heavy atom. The van der Waals surface area contributed by atoms with E-state index < -0.39 is 0 Å². The molecule has 0 bridgehead atoms. The van der Waals surface area contributed by atoms with Gasteiger partial charge in [0, 0.05) is 24.9 Å². The molecule has 1 aromatic carbocycles. The molecule has 0 N–H and O–H groups in total. The maximum Gasteiger partial charge on any atom is 0.144 e. The first-order valence-corrected chi connectivity index (χ1v) is 6.87. The van der Waals surface area contributed by atoms with Crippen LogP contribution in [0.4, 0.5) is 0 Å². The Bertz CT molecular complexity index is 573. The average Bonchev–Trinajstić information content (AvgIpc) is 3.14. The summed E-state index contributed by atoms with van der Waals surface area (Å²) < 4.78 is 2.04. The minimum Gasteiger partial charge on any atom is -0.335 e. The van der Waals surface area contributed by atoms with Gasteiger partial charge in [-0.25, -0.2) is 4.98 Å². The standard InChI is InChI=1S/C16H18N2O/c1-2-18-9-8-17-16(18)11-15(19)14-10-13(14)12-6-4-3-5-7-12/h3-9,13-14H,2,10-11H2,1H3. The number of carbonyl (C=O) groups excluding carboxylic acids is 1. The Labute approximate surface area is 113 Å². The highest BCUT2D eigenvalue weighted by Crippen LogP contribution is 2.48. The smallest absolute Gasteiger partial charge is 0.144 e. The first-order valence-electron chi connectivity index (χ1n) is 6.87. The van der Waals surface area contributed by atoms with E-state index in [4.69, 9.17) is 0 Å². The highest BCUT2D eigenvalue weighted by molar-refractivity contribution is 5.86. The molecule has 1 aliphatic carbocycles. The minimum atomic E-state index is 0.199. The highest BCUT2D eigenvalue weighted by atomic mass is 16.1. The molecule has 98 valence electrons. The fraction of sp³-hybridized carbons (Fsp3) is 0.375. The summed E-state index contributed by atoms with van der Waals surface area (Å²) in [6, 6.07) is 10.3. The van der Waals surface area contributed by atoms with E-state index in [0.717, 1.165) is 18.8 Å². The molecule has 0 spiro atoms. The van der Waals surface area contributed by atoms with E-state index in [1.165, 1.54) is 5.56 Å². The summed E-state index contributed by atoms with van der Waals surface area (Å²) in [6.45, 7) is 2.94. The number of Topliss-reactive ketones (excluding diaryl/α,β-unsaturated/α-hetero) is 1. The van der Waals surface area contributed by atoms with Crippen LogP contribution in [0.3, 0.4) is 0 Å². The van der Waals surface area contributed by atoms with E-state index in [-0.39, 0.29) is 5.92 Å². The molecule has 2 aromatic rings. The summed E-state index contributed by atoms with van der Waals surface area (Å²) in [5.41, 5.74) is 1.29. The Morgan fingerprint density at radius 1 is 1.37 bits per heavy atom. The lowest BCUT2D eigenvalue weighted by Crippen LogP contribution is -2.11. The van der Waals surface area contributed by atoms with Gasteiger partial charge in [0.2, 0.25) is 0 Å². The number of benzene rings is 1. The van der Waals surface area contributed by atoms with Gasteiger partial charge < -0.3 is 4.57 Å². The largest absolute Gasteiger partial charge is 0.335 e. The second-order valence-electron chi connectivity index (χ2n) is 5.13. The lowest BCUT2D eigenvalue weighted by atomic mass is 10.1. The minimum absolute atomic E-state index is 0.199. The van der Waals surface area contributed by atoms with E-state index in [9.17, 15) is 4.79 Å². The van der Waals surface area contributed by atoms with Crippen LogP contribution in [0.25, 0.3) is 0 Å². The summed E-state index contributed by atoms with van der Waals surface area (Å²) in [7, 11) is 0. The number of carbonyl (C=O) groups is 1. The zero-order chi connectivity index (χ0) is 13.2. The predicted molar refractivity (Wildman–Crippen MR) is 73.9 cm³/mol. The summed E-state index contributed by atoms with van der Waals surface area (Å²) >= 11 is 0.